The Morgan fingerprint density at radius 3 is 2.79 bits per heavy atom. The van der Waals surface area contributed by atoms with Crippen LogP contribution in [0.1, 0.15) is 35.7 Å². The fraction of sp³-hybridized carbons (Fsp3) is 0.333. The topological polar surface area (TPSA) is 110 Å². The number of aryl methyl sites for hydroxylation is 1. The first-order chi connectivity index (χ1) is 13.6. The summed E-state index contributed by atoms with van der Waals surface area (Å²) in [5, 5.41) is 11.2. The number of carbonyl (C=O) groups is 2. The average molecular weight is 467 g/mol. The van der Waals surface area contributed by atoms with Crippen molar-refractivity contribution in [1.82, 2.24) is 20.8 Å². The van der Waals surface area contributed by atoms with Crippen molar-refractivity contribution in [3.8, 4) is 10.7 Å². The number of unbranched alkanes of at least 4 members (excludes halogenated alkanes) is 2. The first-order valence-electron chi connectivity index (χ1n) is 8.78. The molecule has 148 valence electrons. The van der Waals surface area contributed by atoms with E-state index in [9.17, 15) is 9.59 Å². The predicted octanol–water partition coefficient (Wildman–Crippen LogP) is 3.41. The minimum atomic E-state index is -0.428. The van der Waals surface area contributed by atoms with E-state index in [0.717, 1.165) is 24.1 Å². The van der Waals surface area contributed by atoms with E-state index in [0.29, 0.717) is 29.4 Å². The third-order valence-electron chi connectivity index (χ3n) is 3.81. The van der Waals surface area contributed by atoms with Crippen molar-refractivity contribution >= 4 is 39.1 Å². The van der Waals surface area contributed by atoms with Crippen LogP contribution in [-0.4, -0.2) is 35.0 Å². The van der Waals surface area contributed by atoms with Crippen LogP contribution in [0.25, 0.3) is 10.7 Å². The summed E-state index contributed by atoms with van der Waals surface area (Å²) in [5.41, 5.74) is 0. The zero-order chi connectivity index (χ0) is 19.8. The number of halogens is 1. The summed E-state index contributed by atoms with van der Waals surface area (Å²) in [5.74, 6) is 0.739. The second-order valence-corrected chi connectivity index (χ2v) is 7.67. The number of amides is 2. The van der Waals surface area contributed by atoms with Crippen LogP contribution in [0, 0.1) is 0 Å². The molecule has 0 aliphatic carbocycles. The summed E-state index contributed by atoms with van der Waals surface area (Å²) in [6.07, 6.45) is 3.35. The maximum atomic E-state index is 11.8. The molecule has 10 heteroatoms. The van der Waals surface area contributed by atoms with Gasteiger partial charge in [-0.15, -0.1) is 11.3 Å². The Labute approximate surface area is 173 Å². The number of rotatable bonds is 10. The number of carbonyl (C=O) groups excluding carboxylic acids is 2. The van der Waals surface area contributed by atoms with Crippen molar-refractivity contribution in [2.75, 3.05) is 13.1 Å². The second-order valence-electron chi connectivity index (χ2n) is 5.94. The van der Waals surface area contributed by atoms with Crippen LogP contribution in [0.3, 0.4) is 0 Å². The summed E-state index contributed by atoms with van der Waals surface area (Å²) >= 11 is 4.70. The molecule has 8 nitrogen and oxygen atoms in total. The molecule has 0 saturated heterocycles. The zero-order valence-electron chi connectivity index (χ0n) is 14.9. The van der Waals surface area contributed by atoms with Gasteiger partial charge in [0.2, 0.25) is 17.6 Å². The number of hydrogen-bond acceptors (Lipinski definition) is 7. The quantitative estimate of drug-likeness (QED) is 0.443. The standard InChI is InChI=1S/C18H19BrN4O4S/c19-14-8-7-12(26-14)18(25)21-11-15(24)20-9-3-1-2-6-16-22-17(23-27-16)13-5-4-10-28-13/h4-5,7-8,10H,1-3,6,9,11H2,(H,20,24)(H,21,25). The maximum Gasteiger partial charge on any atom is 0.287 e. The Balaban J connectivity index is 1.25. The van der Waals surface area contributed by atoms with Crippen molar-refractivity contribution in [1.29, 1.82) is 0 Å². The van der Waals surface area contributed by atoms with E-state index in [1.165, 1.54) is 6.07 Å². The molecule has 0 aromatic carbocycles. The largest absolute Gasteiger partial charge is 0.444 e. The molecule has 28 heavy (non-hydrogen) atoms. The van der Waals surface area contributed by atoms with E-state index in [-0.39, 0.29) is 18.2 Å². The molecule has 2 N–H and O–H groups in total. The van der Waals surface area contributed by atoms with Gasteiger partial charge in [-0.3, -0.25) is 9.59 Å². The summed E-state index contributed by atoms with van der Waals surface area (Å²) < 4.78 is 10.8. The van der Waals surface area contributed by atoms with E-state index in [2.05, 4.69) is 36.7 Å². The van der Waals surface area contributed by atoms with Gasteiger partial charge < -0.3 is 19.6 Å². The van der Waals surface area contributed by atoms with Crippen LogP contribution in [0.15, 0.2) is 43.3 Å². The summed E-state index contributed by atoms with van der Waals surface area (Å²) in [7, 11) is 0. The first kappa shape index (κ1) is 20.3. The molecule has 0 unspecified atom stereocenters. The average Bonchev–Trinajstić information content (AvgIpc) is 3.43. The van der Waals surface area contributed by atoms with Crippen LogP contribution in [-0.2, 0) is 11.2 Å². The molecule has 0 aliphatic rings. The molecule has 3 aromatic heterocycles. The molecule has 0 fully saturated rings. The van der Waals surface area contributed by atoms with Gasteiger partial charge in [0.1, 0.15) is 0 Å². The van der Waals surface area contributed by atoms with Gasteiger partial charge in [-0.1, -0.05) is 17.6 Å². The normalized spacial score (nSPS) is 10.8. The highest BCUT2D eigenvalue weighted by Crippen LogP contribution is 2.21. The van der Waals surface area contributed by atoms with Gasteiger partial charge in [-0.2, -0.15) is 4.98 Å². The van der Waals surface area contributed by atoms with Gasteiger partial charge in [0.15, 0.2) is 10.4 Å². The number of furan rings is 1. The monoisotopic (exact) mass is 466 g/mol. The Morgan fingerprint density at radius 2 is 2.04 bits per heavy atom. The van der Waals surface area contributed by atoms with Crippen LogP contribution in [0.5, 0.6) is 0 Å². The Morgan fingerprint density at radius 1 is 1.14 bits per heavy atom. The van der Waals surface area contributed by atoms with Gasteiger partial charge in [0.25, 0.3) is 5.91 Å². The predicted molar refractivity (Wildman–Crippen MR) is 107 cm³/mol. The molecule has 3 heterocycles. The molecule has 0 saturated carbocycles. The fourth-order valence-corrected chi connectivity index (χ4v) is 3.37. The molecule has 0 bridgehead atoms. The molecule has 3 aromatic rings. The Hall–Kier alpha value is -2.46. The highest BCUT2D eigenvalue weighted by Gasteiger charge is 2.12. The molecule has 3 rings (SSSR count). The van der Waals surface area contributed by atoms with Gasteiger partial charge in [-0.25, -0.2) is 0 Å². The van der Waals surface area contributed by atoms with E-state index in [1.54, 1.807) is 17.4 Å². The molecule has 0 aliphatic heterocycles. The Kier molecular flexibility index (Phi) is 7.38. The van der Waals surface area contributed by atoms with Crippen molar-refractivity contribution < 1.29 is 18.5 Å². The highest BCUT2D eigenvalue weighted by molar-refractivity contribution is 9.10. The number of nitrogens with zero attached hydrogens (tertiary/aromatic N) is 2. The number of hydrogen-bond donors (Lipinski definition) is 2. The van der Waals surface area contributed by atoms with E-state index in [1.807, 2.05) is 17.5 Å². The third-order valence-corrected chi connectivity index (χ3v) is 5.10. The lowest BCUT2D eigenvalue weighted by Gasteiger charge is -2.05. The van der Waals surface area contributed by atoms with E-state index < -0.39 is 5.91 Å². The molecular formula is C18H19BrN4O4S. The highest BCUT2D eigenvalue weighted by atomic mass is 79.9. The SMILES string of the molecule is O=C(CNC(=O)c1ccc(Br)o1)NCCCCCc1nc(-c2cccs2)no1. The number of thiophene rings is 1. The fourth-order valence-electron chi connectivity index (χ4n) is 2.41. The lowest BCUT2D eigenvalue weighted by molar-refractivity contribution is -0.120. The van der Waals surface area contributed by atoms with Crippen molar-refractivity contribution in [2.24, 2.45) is 0 Å². The van der Waals surface area contributed by atoms with Crippen molar-refractivity contribution in [3.63, 3.8) is 0 Å². The summed E-state index contributed by atoms with van der Waals surface area (Å²) in [4.78, 5) is 28.9. The summed E-state index contributed by atoms with van der Waals surface area (Å²) in [6.45, 7) is 0.454. The minimum absolute atomic E-state index is 0.0926. The smallest absolute Gasteiger partial charge is 0.287 e. The Bertz CT molecular complexity index is 906. The van der Waals surface area contributed by atoms with Crippen LogP contribution < -0.4 is 10.6 Å². The van der Waals surface area contributed by atoms with Crippen LogP contribution >= 0.6 is 27.3 Å². The zero-order valence-corrected chi connectivity index (χ0v) is 17.3. The van der Waals surface area contributed by atoms with Crippen molar-refractivity contribution in [2.45, 2.75) is 25.7 Å². The van der Waals surface area contributed by atoms with Crippen LogP contribution in [0.4, 0.5) is 0 Å². The molecular weight excluding hydrogens is 448 g/mol. The van der Waals surface area contributed by atoms with Gasteiger partial charge in [-0.05, 0) is 52.4 Å². The first-order valence-corrected chi connectivity index (χ1v) is 10.5. The second kappa shape index (κ2) is 10.2. The number of nitrogens with one attached hydrogen (secondary N) is 2. The van der Waals surface area contributed by atoms with Gasteiger partial charge in [0, 0.05) is 13.0 Å². The third kappa shape index (κ3) is 6.03. The summed E-state index contributed by atoms with van der Waals surface area (Å²) in [6, 6.07) is 7.06. The van der Waals surface area contributed by atoms with E-state index in [4.69, 9.17) is 8.94 Å². The molecule has 2 amide bonds. The molecule has 0 atom stereocenters. The lowest BCUT2D eigenvalue weighted by Crippen LogP contribution is -2.37. The van der Waals surface area contributed by atoms with Crippen LogP contribution in [0.2, 0.25) is 0 Å². The van der Waals surface area contributed by atoms with E-state index >= 15 is 0 Å². The molecule has 0 radical (unpaired) electrons. The van der Waals surface area contributed by atoms with Crippen molar-refractivity contribution in [3.05, 3.63) is 46.0 Å². The number of aromatic nitrogens is 2. The van der Waals surface area contributed by atoms with Gasteiger partial charge >= 0.3 is 0 Å². The molecule has 0 spiro atoms. The lowest BCUT2D eigenvalue weighted by atomic mass is 10.2. The van der Waals surface area contributed by atoms with Gasteiger partial charge in [0.05, 0.1) is 11.4 Å². The minimum Gasteiger partial charge on any atom is -0.444 e. The maximum absolute atomic E-state index is 11.8.